The predicted octanol–water partition coefficient (Wildman–Crippen LogP) is 5.71. The van der Waals surface area contributed by atoms with Gasteiger partial charge in [0.1, 0.15) is 0 Å². The molecular formula is C18H14Cl2N2O2S. The van der Waals surface area contributed by atoms with Crippen molar-refractivity contribution < 1.29 is 9.21 Å². The molecule has 0 fully saturated rings. The van der Waals surface area contributed by atoms with E-state index in [1.165, 1.54) is 6.26 Å². The fraction of sp³-hybridized carbons (Fsp3) is 0.0556. The Hall–Kier alpha value is -2.08. The summed E-state index contributed by atoms with van der Waals surface area (Å²) in [5.41, 5.74) is 7.23. The molecule has 0 aliphatic rings. The van der Waals surface area contributed by atoms with Gasteiger partial charge < -0.3 is 15.5 Å². The standard InChI is InChI=1S/C18H14Cl2N2O2S/c19-14-8-12(9-15(20)16(14)21)22-18(23)17-11(6-7-24-17)10-25-13-4-2-1-3-5-13/h1-9H,10,21H2,(H,22,23). The molecule has 0 unspecified atom stereocenters. The molecule has 1 aromatic heterocycles. The number of amides is 1. The van der Waals surface area contributed by atoms with E-state index in [0.717, 1.165) is 10.5 Å². The average molecular weight is 393 g/mol. The quantitative estimate of drug-likeness (QED) is 0.430. The van der Waals surface area contributed by atoms with Gasteiger partial charge in [0.15, 0.2) is 5.76 Å². The summed E-state index contributed by atoms with van der Waals surface area (Å²) >= 11 is 13.6. The van der Waals surface area contributed by atoms with Crippen molar-refractivity contribution in [2.45, 2.75) is 10.6 Å². The minimum Gasteiger partial charge on any atom is -0.459 e. The second-order valence-corrected chi connectivity index (χ2v) is 7.05. The molecule has 128 valence electrons. The number of carbonyl (C=O) groups excluding carboxylic acids is 1. The summed E-state index contributed by atoms with van der Waals surface area (Å²) in [7, 11) is 0. The number of furan rings is 1. The van der Waals surface area contributed by atoms with Crippen molar-refractivity contribution in [2.75, 3.05) is 11.1 Å². The summed E-state index contributed by atoms with van der Waals surface area (Å²) in [6.45, 7) is 0. The van der Waals surface area contributed by atoms with Crippen LogP contribution < -0.4 is 11.1 Å². The van der Waals surface area contributed by atoms with Gasteiger partial charge in [-0.05, 0) is 30.3 Å². The van der Waals surface area contributed by atoms with Crippen molar-refractivity contribution in [3.8, 4) is 0 Å². The molecule has 0 bridgehead atoms. The van der Waals surface area contributed by atoms with Gasteiger partial charge in [0, 0.05) is 21.9 Å². The number of thioether (sulfide) groups is 1. The van der Waals surface area contributed by atoms with Gasteiger partial charge in [0.05, 0.1) is 22.0 Å². The van der Waals surface area contributed by atoms with Crippen molar-refractivity contribution in [1.29, 1.82) is 0 Å². The topological polar surface area (TPSA) is 68.3 Å². The Bertz CT molecular complexity index is 874. The first-order chi connectivity index (χ1) is 12.0. The van der Waals surface area contributed by atoms with E-state index < -0.39 is 0 Å². The zero-order chi connectivity index (χ0) is 17.8. The number of anilines is 2. The third-order valence-corrected chi connectivity index (χ3v) is 5.11. The molecule has 3 N–H and O–H groups in total. The first-order valence-electron chi connectivity index (χ1n) is 7.34. The third-order valence-electron chi connectivity index (χ3n) is 3.43. The minimum absolute atomic E-state index is 0.257. The lowest BCUT2D eigenvalue weighted by atomic mass is 10.2. The van der Waals surface area contributed by atoms with Crippen LogP contribution in [0.4, 0.5) is 11.4 Å². The maximum Gasteiger partial charge on any atom is 0.291 e. The molecule has 0 aliphatic carbocycles. The number of nitrogens with one attached hydrogen (secondary N) is 1. The molecule has 1 heterocycles. The van der Waals surface area contributed by atoms with E-state index in [9.17, 15) is 4.79 Å². The van der Waals surface area contributed by atoms with Crippen molar-refractivity contribution >= 4 is 52.2 Å². The number of rotatable bonds is 5. The predicted molar refractivity (Wildman–Crippen MR) is 104 cm³/mol. The number of hydrogen-bond acceptors (Lipinski definition) is 4. The zero-order valence-electron chi connectivity index (χ0n) is 13.0. The van der Waals surface area contributed by atoms with Crippen molar-refractivity contribution in [1.82, 2.24) is 0 Å². The van der Waals surface area contributed by atoms with Gasteiger partial charge in [0.25, 0.3) is 5.91 Å². The highest BCUT2D eigenvalue weighted by molar-refractivity contribution is 7.98. The molecule has 4 nitrogen and oxygen atoms in total. The molecule has 7 heteroatoms. The van der Waals surface area contributed by atoms with Crippen molar-refractivity contribution in [3.63, 3.8) is 0 Å². The molecule has 1 amide bonds. The number of hydrogen-bond donors (Lipinski definition) is 2. The fourth-order valence-electron chi connectivity index (χ4n) is 2.17. The van der Waals surface area contributed by atoms with E-state index in [2.05, 4.69) is 5.32 Å². The van der Waals surface area contributed by atoms with Gasteiger partial charge in [-0.1, -0.05) is 41.4 Å². The summed E-state index contributed by atoms with van der Waals surface area (Å²) in [6.07, 6.45) is 1.50. The smallest absolute Gasteiger partial charge is 0.291 e. The first kappa shape index (κ1) is 17.7. The average Bonchev–Trinajstić information content (AvgIpc) is 3.07. The normalized spacial score (nSPS) is 10.6. The van der Waals surface area contributed by atoms with Crippen LogP contribution in [0.5, 0.6) is 0 Å². The van der Waals surface area contributed by atoms with Crippen LogP contribution in [0.3, 0.4) is 0 Å². The molecule has 3 rings (SSSR count). The Balaban J connectivity index is 1.72. The van der Waals surface area contributed by atoms with Crippen LogP contribution in [0.15, 0.2) is 64.1 Å². The Labute approximate surface area is 159 Å². The molecule has 3 aromatic rings. The highest BCUT2D eigenvalue weighted by Crippen LogP contribution is 2.31. The highest BCUT2D eigenvalue weighted by atomic mass is 35.5. The molecular weight excluding hydrogens is 379 g/mol. The minimum atomic E-state index is -0.370. The van der Waals surface area contributed by atoms with E-state index >= 15 is 0 Å². The molecule has 0 aliphatic heterocycles. The Kier molecular flexibility index (Phi) is 5.58. The van der Waals surface area contributed by atoms with Gasteiger partial charge in [0.2, 0.25) is 0 Å². The van der Waals surface area contributed by atoms with Crippen LogP contribution >= 0.6 is 35.0 Å². The monoisotopic (exact) mass is 392 g/mol. The summed E-state index contributed by atoms with van der Waals surface area (Å²) < 4.78 is 5.36. The van der Waals surface area contributed by atoms with E-state index in [-0.39, 0.29) is 27.4 Å². The summed E-state index contributed by atoms with van der Waals surface area (Å²) in [4.78, 5) is 13.6. The lowest BCUT2D eigenvalue weighted by Gasteiger charge is -2.08. The number of benzene rings is 2. The van der Waals surface area contributed by atoms with Crippen LogP contribution in [0.1, 0.15) is 16.1 Å². The van der Waals surface area contributed by atoms with Crippen LogP contribution in [-0.2, 0) is 5.75 Å². The Morgan fingerprint density at radius 2 is 1.80 bits per heavy atom. The fourth-order valence-corrected chi connectivity index (χ4v) is 3.56. The van der Waals surface area contributed by atoms with E-state index in [1.807, 2.05) is 30.3 Å². The molecule has 25 heavy (non-hydrogen) atoms. The largest absolute Gasteiger partial charge is 0.459 e. The van der Waals surface area contributed by atoms with Gasteiger partial charge >= 0.3 is 0 Å². The lowest BCUT2D eigenvalue weighted by molar-refractivity contribution is 0.0996. The molecule has 0 saturated carbocycles. The van der Waals surface area contributed by atoms with E-state index in [1.54, 1.807) is 30.0 Å². The highest BCUT2D eigenvalue weighted by Gasteiger charge is 2.17. The number of halogens is 2. The molecule has 0 atom stereocenters. The zero-order valence-corrected chi connectivity index (χ0v) is 15.3. The lowest BCUT2D eigenvalue weighted by Crippen LogP contribution is -2.13. The second-order valence-electron chi connectivity index (χ2n) is 5.18. The Morgan fingerprint density at radius 1 is 1.12 bits per heavy atom. The van der Waals surface area contributed by atoms with Crippen LogP contribution in [0.25, 0.3) is 0 Å². The number of nitrogens with two attached hydrogens (primary N) is 1. The first-order valence-corrected chi connectivity index (χ1v) is 9.09. The van der Waals surface area contributed by atoms with E-state index in [4.69, 9.17) is 33.4 Å². The SMILES string of the molecule is Nc1c(Cl)cc(NC(=O)c2occc2CSc2ccccc2)cc1Cl. The van der Waals surface area contributed by atoms with Gasteiger partial charge in [-0.3, -0.25) is 4.79 Å². The Morgan fingerprint density at radius 3 is 2.48 bits per heavy atom. The van der Waals surface area contributed by atoms with Crippen molar-refractivity contribution in [2.24, 2.45) is 0 Å². The number of nitrogen functional groups attached to an aromatic ring is 1. The summed E-state index contributed by atoms with van der Waals surface area (Å²) in [6, 6.07) is 14.8. The van der Waals surface area contributed by atoms with Gasteiger partial charge in [-0.15, -0.1) is 11.8 Å². The molecule has 0 saturated heterocycles. The maximum atomic E-state index is 12.5. The van der Waals surface area contributed by atoms with Crippen LogP contribution in [0, 0.1) is 0 Å². The van der Waals surface area contributed by atoms with E-state index in [0.29, 0.717) is 11.4 Å². The van der Waals surface area contributed by atoms with Gasteiger partial charge in [-0.25, -0.2) is 0 Å². The molecule has 2 aromatic carbocycles. The molecule has 0 spiro atoms. The van der Waals surface area contributed by atoms with Gasteiger partial charge in [-0.2, -0.15) is 0 Å². The van der Waals surface area contributed by atoms with Crippen LogP contribution in [-0.4, -0.2) is 5.91 Å². The summed E-state index contributed by atoms with van der Waals surface area (Å²) in [5.74, 6) is 0.505. The number of carbonyl (C=O) groups is 1. The maximum absolute atomic E-state index is 12.5. The summed E-state index contributed by atoms with van der Waals surface area (Å²) in [5, 5.41) is 3.28. The third kappa shape index (κ3) is 4.31. The van der Waals surface area contributed by atoms with Crippen molar-refractivity contribution in [3.05, 3.63) is 76.2 Å². The molecule has 0 radical (unpaired) electrons. The second kappa shape index (κ2) is 7.87. The van der Waals surface area contributed by atoms with Crippen LogP contribution in [0.2, 0.25) is 10.0 Å².